The molecule has 0 spiro atoms. The maximum atomic E-state index is 5.99. The fourth-order valence-electron chi connectivity index (χ4n) is 1.65. The van der Waals surface area contributed by atoms with Crippen LogP contribution in [0.5, 0.6) is 0 Å². The van der Waals surface area contributed by atoms with Crippen LogP contribution in [0.25, 0.3) is 0 Å². The lowest BCUT2D eigenvalue weighted by molar-refractivity contribution is 0.645. The molecule has 0 bridgehead atoms. The summed E-state index contributed by atoms with van der Waals surface area (Å²) in [5.41, 5.74) is 7.24. The minimum atomic E-state index is 0.216. The van der Waals surface area contributed by atoms with E-state index in [1.54, 1.807) is 18.1 Å². The highest BCUT2D eigenvalue weighted by atomic mass is 79.9. The lowest BCUT2D eigenvalue weighted by atomic mass is 10.1. The molecule has 1 atom stereocenters. The Labute approximate surface area is 125 Å². The van der Waals surface area contributed by atoms with Crippen molar-refractivity contribution in [3.63, 3.8) is 0 Å². The first-order valence-corrected chi connectivity index (χ1v) is 7.77. The van der Waals surface area contributed by atoms with Crippen molar-refractivity contribution < 1.29 is 0 Å². The molecule has 0 aliphatic rings. The Morgan fingerprint density at radius 1 is 1.47 bits per heavy atom. The molecule has 0 radical (unpaired) electrons. The van der Waals surface area contributed by atoms with Crippen LogP contribution < -0.4 is 5.73 Å². The van der Waals surface area contributed by atoms with Crippen LogP contribution in [0.3, 0.4) is 0 Å². The average molecular weight is 341 g/mol. The SMILES string of the molecule is CCC(N)Cc1ccc(Sc2nncn2C)cc1Br. The standard InChI is InChI=1S/C13H17BrN4S/c1-3-10(15)6-9-4-5-11(7-12(9)14)19-13-17-16-8-18(13)2/h4-5,7-8,10H,3,6,15H2,1-2H3. The molecule has 0 aliphatic heterocycles. The number of rotatable bonds is 5. The second-order valence-corrected chi connectivity index (χ2v) is 6.35. The molecular weight excluding hydrogens is 324 g/mol. The van der Waals surface area contributed by atoms with Crippen molar-refractivity contribution in [1.82, 2.24) is 14.8 Å². The minimum absolute atomic E-state index is 0.216. The Balaban J connectivity index is 2.12. The van der Waals surface area contributed by atoms with Gasteiger partial charge < -0.3 is 10.3 Å². The predicted octanol–water partition coefficient (Wildman–Crippen LogP) is 3.01. The smallest absolute Gasteiger partial charge is 0.195 e. The van der Waals surface area contributed by atoms with Crippen LogP contribution in [-0.4, -0.2) is 20.8 Å². The van der Waals surface area contributed by atoms with E-state index in [4.69, 9.17) is 5.73 Å². The van der Waals surface area contributed by atoms with E-state index < -0.39 is 0 Å². The van der Waals surface area contributed by atoms with Gasteiger partial charge in [0, 0.05) is 22.5 Å². The number of hydrogen-bond donors (Lipinski definition) is 1. The maximum Gasteiger partial charge on any atom is 0.195 e. The summed E-state index contributed by atoms with van der Waals surface area (Å²) in [5.74, 6) is 0. The molecule has 6 heteroatoms. The van der Waals surface area contributed by atoms with E-state index in [2.05, 4.69) is 51.3 Å². The predicted molar refractivity (Wildman–Crippen MR) is 81.2 cm³/mol. The molecule has 1 heterocycles. The van der Waals surface area contributed by atoms with Gasteiger partial charge >= 0.3 is 0 Å². The molecule has 1 aromatic heterocycles. The van der Waals surface area contributed by atoms with Gasteiger partial charge in [-0.05, 0) is 42.3 Å². The summed E-state index contributed by atoms with van der Waals surface area (Å²) in [6.07, 6.45) is 3.58. The number of nitrogens with two attached hydrogens (primary N) is 1. The highest BCUT2D eigenvalue weighted by Crippen LogP contribution is 2.30. The van der Waals surface area contributed by atoms with Crippen molar-refractivity contribution in [2.75, 3.05) is 0 Å². The number of nitrogens with zero attached hydrogens (tertiary/aromatic N) is 3. The molecule has 2 N–H and O–H groups in total. The van der Waals surface area contributed by atoms with Crippen LogP contribution in [0.4, 0.5) is 0 Å². The Morgan fingerprint density at radius 2 is 2.26 bits per heavy atom. The third kappa shape index (κ3) is 3.81. The van der Waals surface area contributed by atoms with Gasteiger partial charge in [-0.15, -0.1) is 10.2 Å². The van der Waals surface area contributed by atoms with Gasteiger partial charge in [0.25, 0.3) is 0 Å². The number of benzene rings is 1. The van der Waals surface area contributed by atoms with Crippen molar-refractivity contribution in [3.05, 3.63) is 34.6 Å². The van der Waals surface area contributed by atoms with Crippen LogP contribution >= 0.6 is 27.7 Å². The topological polar surface area (TPSA) is 56.7 Å². The van der Waals surface area contributed by atoms with Gasteiger partial charge in [0.15, 0.2) is 5.16 Å². The van der Waals surface area contributed by atoms with Crippen LogP contribution in [0.2, 0.25) is 0 Å². The van der Waals surface area contributed by atoms with Gasteiger partial charge in [-0.2, -0.15) is 0 Å². The number of halogens is 1. The highest BCUT2D eigenvalue weighted by Gasteiger charge is 2.08. The molecule has 0 aliphatic carbocycles. The number of hydrogen-bond acceptors (Lipinski definition) is 4. The van der Waals surface area contributed by atoms with Gasteiger partial charge in [0.1, 0.15) is 6.33 Å². The van der Waals surface area contributed by atoms with Crippen molar-refractivity contribution in [3.8, 4) is 0 Å². The summed E-state index contributed by atoms with van der Waals surface area (Å²) in [7, 11) is 1.94. The second kappa shape index (κ2) is 6.54. The van der Waals surface area contributed by atoms with Gasteiger partial charge in [-0.1, -0.05) is 28.9 Å². The molecule has 1 unspecified atom stereocenters. The molecule has 0 amide bonds. The molecule has 0 saturated heterocycles. The number of aromatic nitrogens is 3. The summed E-state index contributed by atoms with van der Waals surface area (Å²) in [6, 6.07) is 6.55. The second-order valence-electron chi connectivity index (χ2n) is 4.45. The van der Waals surface area contributed by atoms with E-state index in [-0.39, 0.29) is 6.04 Å². The largest absolute Gasteiger partial charge is 0.327 e. The molecule has 1 aromatic carbocycles. The minimum Gasteiger partial charge on any atom is -0.327 e. The summed E-state index contributed by atoms with van der Waals surface area (Å²) < 4.78 is 3.00. The van der Waals surface area contributed by atoms with E-state index in [0.717, 1.165) is 27.4 Å². The first kappa shape index (κ1) is 14.6. The van der Waals surface area contributed by atoms with Gasteiger partial charge in [0.05, 0.1) is 0 Å². The Kier molecular flexibility index (Phi) is 5.01. The Bertz CT molecular complexity index is 555. The molecule has 0 fully saturated rings. The van der Waals surface area contributed by atoms with Gasteiger partial charge in [-0.3, -0.25) is 0 Å². The van der Waals surface area contributed by atoms with Crippen LogP contribution in [0, 0.1) is 0 Å². The molecule has 2 aromatic rings. The fourth-order valence-corrected chi connectivity index (χ4v) is 3.15. The zero-order chi connectivity index (χ0) is 13.8. The Morgan fingerprint density at radius 3 is 2.84 bits per heavy atom. The Hall–Kier alpha value is -0.850. The van der Waals surface area contributed by atoms with Crippen molar-refractivity contribution in [2.24, 2.45) is 12.8 Å². The lowest BCUT2D eigenvalue weighted by Gasteiger charge is -2.11. The zero-order valence-corrected chi connectivity index (χ0v) is 13.4. The summed E-state index contributed by atoms with van der Waals surface area (Å²) >= 11 is 5.21. The van der Waals surface area contributed by atoms with Crippen molar-refractivity contribution in [2.45, 2.75) is 35.9 Å². The fraction of sp³-hybridized carbons (Fsp3) is 0.385. The number of aryl methyl sites for hydroxylation is 1. The normalized spacial score (nSPS) is 12.6. The quantitative estimate of drug-likeness (QED) is 0.908. The molecule has 2 rings (SSSR count). The summed E-state index contributed by atoms with van der Waals surface area (Å²) in [6.45, 7) is 2.11. The summed E-state index contributed by atoms with van der Waals surface area (Å²) in [4.78, 5) is 1.14. The first-order chi connectivity index (χ1) is 9.10. The van der Waals surface area contributed by atoms with E-state index >= 15 is 0 Å². The first-order valence-electron chi connectivity index (χ1n) is 6.16. The van der Waals surface area contributed by atoms with Crippen molar-refractivity contribution in [1.29, 1.82) is 0 Å². The third-order valence-corrected chi connectivity index (χ3v) is 4.69. The van der Waals surface area contributed by atoms with E-state index in [0.29, 0.717) is 0 Å². The maximum absolute atomic E-state index is 5.99. The highest BCUT2D eigenvalue weighted by molar-refractivity contribution is 9.10. The zero-order valence-electron chi connectivity index (χ0n) is 11.0. The van der Waals surface area contributed by atoms with Gasteiger partial charge in [0.2, 0.25) is 0 Å². The van der Waals surface area contributed by atoms with Crippen LogP contribution in [0.15, 0.2) is 39.1 Å². The van der Waals surface area contributed by atoms with Crippen LogP contribution in [-0.2, 0) is 13.5 Å². The van der Waals surface area contributed by atoms with Crippen molar-refractivity contribution >= 4 is 27.7 Å². The molecule has 102 valence electrons. The molecule has 4 nitrogen and oxygen atoms in total. The molecule has 0 saturated carbocycles. The summed E-state index contributed by atoms with van der Waals surface area (Å²) in [5, 5.41) is 8.82. The average Bonchev–Trinajstić information content (AvgIpc) is 2.78. The molecular formula is C13H17BrN4S. The third-order valence-electron chi connectivity index (χ3n) is 2.91. The van der Waals surface area contributed by atoms with Crippen LogP contribution in [0.1, 0.15) is 18.9 Å². The van der Waals surface area contributed by atoms with E-state index in [9.17, 15) is 0 Å². The van der Waals surface area contributed by atoms with E-state index in [1.807, 2.05) is 11.6 Å². The molecule has 19 heavy (non-hydrogen) atoms. The monoisotopic (exact) mass is 340 g/mol. The van der Waals surface area contributed by atoms with E-state index in [1.165, 1.54) is 5.56 Å². The van der Waals surface area contributed by atoms with Gasteiger partial charge in [-0.25, -0.2) is 0 Å². The lowest BCUT2D eigenvalue weighted by Crippen LogP contribution is -2.21.